The third kappa shape index (κ3) is 1.47. The fourth-order valence-electron chi connectivity index (χ4n) is 0.813. The number of aryl methyl sites for hydroxylation is 1. The molecular formula is C8H9FO. The molecule has 0 aromatic heterocycles. The van der Waals surface area contributed by atoms with Crippen LogP contribution in [0.3, 0.4) is 0 Å². The van der Waals surface area contributed by atoms with Crippen molar-refractivity contribution in [3.63, 3.8) is 0 Å². The van der Waals surface area contributed by atoms with Crippen LogP contribution >= 0.6 is 0 Å². The normalized spacial score (nSPS) is 9.40. The second-order valence-electron chi connectivity index (χ2n) is 2.08. The molecule has 1 rings (SSSR count). The van der Waals surface area contributed by atoms with Gasteiger partial charge in [0.1, 0.15) is 0 Å². The first-order valence-electron chi connectivity index (χ1n) is 3.24. The van der Waals surface area contributed by atoms with Crippen molar-refractivity contribution >= 4 is 0 Å². The Morgan fingerprint density at radius 1 is 1.50 bits per heavy atom. The Labute approximate surface area is 59.3 Å². The minimum Gasteiger partial charge on any atom is -0.294 e. The molecule has 1 nitrogen and oxygen atoms in total. The highest BCUT2D eigenvalue weighted by Gasteiger charge is 1.93. The Kier molecular flexibility index (Phi) is 2.26. The van der Waals surface area contributed by atoms with Gasteiger partial charge < -0.3 is 0 Å². The first-order valence-corrected chi connectivity index (χ1v) is 3.24. The van der Waals surface area contributed by atoms with E-state index in [1.807, 2.05) is 13.0 Å². The zero-order valence-corrected chi connectivity index (χ0v) is 5.80. The SMILES string of the molecule is CCc1cccc(OF)c1. The lowest BCUT2D eigenvalue weighted by atomic mass is 10.2. The maximum atomic E-state index is 11.5. The molecular weight excluding hydrogens is 131 g/mol. The molecule has 0 radical (unpaired) electrons. The van der Waals surface area contributed by atoms with E-state index in [2.05, 4.69) is 4.94 Å². The predicted molar refractivity (Wildman–Crippen MR) is 37.6 cm³/mol. The van der Waals surface area contributed by atoms with Gasteiger partial charge >= 0.3 is 0 Å². The number of hydrogen-bond acceptors (Lipinski definition) is 1. The van der Waals surface area contributed by atoms with Gasteiger partial charge in [-0.3, -0.25) is 4.94 Å². The molecule has 10 heavy (non-hydrogen) atoms. The van der Waals surface area contributed by atoms with Gasteiger partial charge in [-0.15, -0.1) is 0 Å². The van der Waals surface area contributed by atoms with Crippen LogP contribution in [0.4, 0.5) is 4.53 Å². The molecule has 54 valence electrons. The number of halogens is 1. The summed E-state index contributed by atoms with van der Waals surface area (Å²) in [5, 5.41) is 0. The molecule has 0 aliphatic carbocycles. The second-order valence-corrected chi connectivity index (χ2v) is 2.08. The van der Waals surface area contributed by atoms with Gasteiger partial charge in [0.15, 0.2) is 5.75 Å². The molecule has 2 heteroatoms. The summed E-state index contributed by atoms with van der Waals surface area (Å²) in [6.45, 7) is 2.01. The average Bonchev–Trinajstić information content (AvgIpc) is 2.05. The largest absolute Gasteiger partial charge is 0.294 e. The van der Waals surface area contributed by atoms with Crippen LogP contribution in [-0.4, -0.2) is 0 Å². The lowest BCUT2D eigenvalue weighted by Crippen LogP contribution is -1.80. The van der Waals surface area contributed by atoms with E-state index < -0.39 is 0 Å². The van der Waals surface area contributed by atoms with Crippen LogP contribution in [0.15, 0.2) is 24.3 Å². The molecule has 0 N–H and O–H groups in total. The Morgan fingerprint density at radius 2 is 2.30 bits per heavy atom. The molecule has 0 aliphatic rings. The van der Waals surface area contributed by atoms with Crippen molar-refractivity contribution in [2.24, 2.45) is 0 Å². The van der Waals surface area contributed by atoms with E-state index >= 15 is 0 Å². The van der Waals surface area contributed by atoms with Gasteiger partial charge in [-0.2, -0.15) is 0 Å². The standard InChI is InChI=1S/C8H9FO/c1-2-7-4-3-5-8(6-7)10-9/h3-6H,2H2,1H3. The van der Waals surface area contributed by atoms with Crippen LogP contribution in [0, 0.1) is 0 Å². The van der Waals surface area contributed by atoms with Crippen molar-refractivity contribution in [3.05, 3.63) is 29.8 Å². The molecule has 0 saturated heterocycles. The summed E-state index contributed by atoms with van der Waals surface area (Å²) in [6, 6.07) is 6.97. The quantitative estimate of drug-likeness (QED) is 0.613. The summed E-state index contributed by atoms with van der Waals surface area (Å²) in [7, 11) is 0. The average molecular weight is 140 g/mol. The molecule has 0 bridgehead atoms. The highest BCUT2D eigenvalue weighted by atomic mass is 19.3. The van der Waals surface area contributed by atoms with Gasteiger partial charge in [-0.25, -0.2) is 0 Å². The molecule has 1 aromatic carbocycles. The van der Waals surface area contributed by atoms with Crippen LogP contribution in [-0.2, 0) is 6.42 Å². The minimum atomic E-state index is 0.277. The first kappa shape index (κ1) is 7.06. The maximum Gasteiger partial charge on any atom is 0.172 e. The molecule has 0 fully saturated rings. The van der Waals surface area contributed by atoms with E-state index in [4.69, 9.17) is 0 Å². The van der Waals surface area contributed by atoms with E-state index in [1.165, 1.54) is 0 Å². The van der Waals surface area contributed by atoms with Crippen LogP contribution < -0.4 is 4.94 Å². The third-order valence-corrected chi connectivity index (χ3v) is 1.40. The number of benzene rings is 1. The zero-order chi connectivity index (χ0) is 7.40. The van der Waals surface area contributed by atoms with Crippen LogP contribution in [0.1, 0.15) is 12.5 Å². The topological polar surface area (TPSA) is 9.23 Å². The lowest BCUT2D eigenvalue weighted by Gasteiger charge is -1.96. The van der Waals surface area contributed by atoms with Crippen molar-refractivity contribution in [2.75, 3.05) is 0 Å². The summed E-state index contributed by atoms with van der Waals surface area (Å²) in [6.07, 6.45) is 0.900. The monoisotopic (exact) mass is 140 g/mol. The molecule has 1 aromatic rings. The van der Waals surface area contributed by atoms with Gasteiger partial charge in [-0.1, -0.05) is 19.1 Å². The zero-order valence-electron chi connectivity index (χ0n) is 5.80. The minimum absolute atomic E-state index is 0.277. The summed E-state index contributed by atoms with van der Waals surface area (Å²) in [5.74, 6) is 0.277. The highest BCUT2D eigenvalue weighted by molar-refractivity contribution is 5.27. The van der Waals surface area contributed by atoms with Crippen LogP contribution in [0.5, 0.6) is 5.75 Å². The lowest BCUT2D eigenvalue weighted by molar-refractivity contribution is -0.00628. The van der Waals surface area contributed by atoms with Gasteiger partial charge in [-0.05, 0) is 24.1 Å². The fraction of sp³-hybridized carbons (Fsp3) is 0.250. The first-order chi connectivity index (χ1) is 4.86. The van der Waals surface area contributed by atoms with Gasteiger partial charge in [0.25, 0.3) is 0 Å². The predicted octanol–water partition coefficient (Wildman–Crippen LogP) is 2.51. The van der Waals surface area contributed by atoms with Crippen molar-refractivity contribution in [1.82, 2.24) is 0 Å². The Morgan fingerprint density at radius 3 is 2.90 bits per heavy atom. The third-order valence-electron chi connectivity index (χ3n) is 1.40. The van der Waals surface area contributed by atoms with Crippen LogP contribution in [0.25, 0.3) is 0 Å². The molecule has 0 atom stereocenters. The number of hydrogen-bond donors (Lipinski definition) is 0. The molecule has 0 spiro atoms. The van der Waals surface area contributed by atoms with Gasteiger partial charge in [0, 0.05) is 4.53 Å². The van der Waals surface area contributed by atoms with E-state index in [0.29, 0.717) is 0 Å². The molecule has 0 heterocycles. The van der Waals surface area contributed by atoms with Gasteiger partial charge in [0.05, 0.1) is 0 Å². The summed E-state index contributed by atoms with van der Waals surface area (Å²) in [5.41, 5.74) is 1.08. The molecule has 0 saturated carbocycles. The summed E-state index contributed by atoms with van der Waals surface area (Å²) >= 11 is 0. The number of rotatable bonds is 2. The summed E-state index contributed by atoms with van der Waals surface area (Å²) in [4.78, 5) is 3.56. The smallest absolute Gasteiger partial charge is 0.172 e. The highest BCUT2D eigenvalue weighted by Crippen LogP contribution is 2.13. The van der Waals surface area contributed by atoms with Crippen molar-refractivity contribution in [3.8, 4) is 5.75 Å². The van der Waals surface area contributed by atoms with Crippen molar-refractivity contribution < 1.29 is 9.47 Å². The Hall–Kier alpha value is -1.05. The molecule has 0 amide bonds. The Bertz CT molecular complexity index is 191. The Balaban J connectivity index is 2.87. The molecule has 0 aliphatic heterocycles. The van der Waals surface area contributed by atoms with E-state index in [9.17, 15) is 4.53 Å². The maximum absolute atomic E-state index is 11.5. The van der Waals surface area contributed by atoms with Crippen molar-refractivity contribution in [1.29, 1.82) is 0 Å². The van der Waals surface area contributed by atoms with Crippen LogP contribution in [0.2, 0.25) is 0 Å². The van der Waals surface area contributed by atoms with E-state index in [-0.39, 0.29) is 5.75 Å². The second kappa shape index (κ2) is 3.20. The fourth-order valence-corrected chi connectivity index (χ4v) is 0.813. The van der Waals surface area contributed by atoms with Gasteiger partial charge in [0.2, 0.25) is 0 Å². The molecule has 0 unspecified atom stereocenters. The summed E-state index contributed by atoms with van der Waals surface area (Å²) < 4.78 is 11.5. The van der Waals surface area contributed by atoms with Crippen molar-refractivity contribution in [2.45, 2.75) is 13.3 Å². The van der Waals surface area contributed by atoms with E-state index in [1.54, 1.807) is 18.2 Å². The van der Waals surface area contributed by atoms with E-state index in [0.717, 1.165) is 12.0 Å².